The van der Waals surface area contributed by atoms with Crippen LogP contribution in [0.15, 0.2) is 42.7 Å². The zero-order chi connectivity index (χ0) is 16.9. The molecule has 8 nitrogen and oxygen atoms in total. The van der Waals surface area contributed by atoms with Gasteiger partial charge in [0, 0.05) is 63.3 Å². The van der Waals surface area contributed by atoms with Crippen LogP contribution in [0.4, 0.5) is 11.6 Å². The van der Waals surface area contributed by atoms with Crippen molar-refractivity contribution in [2.45, 2.75) is 6.04 Å². The third-order valence-corrected chi connectivity index (χ3v) is 4.28. The van der Waals surface area contributed by atoms with E-state index in [0.717, 1.165) is 37.7 Å². The van der Waals surface area contributed by atoms with Crippen molar-refractivity contribution in [3.8, 4) is 0 Å². The van der Waals surface area contributed by atoms with E-state index in [1.807, 2.05) is 6.07 Å². The van der Waals surface area contributed by atoms with Crippen LogP contribution in [0.1, 0.15) is 11.6 Å². The van der Waals surface area contributed by atoms with Crippen molar-refractivity contribution in [2.75, 3.05) is 37.6 Å². The molecule has 0 saturated carbocycles. The lowest BCUT2D eigenvalue weighted by molar-refractivity contribution is -0.384. The number of nitro benzene ring substituents is 1. The number of piperazine rings is 1. The second-order valence-electron chi connectivity index (χ2n) is 5.68. The molecule has 1 aliphatic rings. The van der Waals surface area contributed by atoms with Crippen molar-refractivity contribution in [2.24, 2.45) is 5.73 Å². The van der Waals surface area contributed by atoms with Crippen LogP contribution >= 0.6 is 0 Å². The van der Waals surface area contributed by atoms with Gasteiger partial charge in [0.15, 0.2) is 0 Å². The van der Waals surface area contributed by atoms with Gasteiger partial charge in [0.25, 0.3) is 5.69 Å². The monoisotopic (exact) mass is 328 g/mol. The van der Waals surface area contributed by atoms with Crippen LogP contribution < -0.4 is 10.6 Å². The molecule has 2 aromatic rings. The number of aromatic nitrogens is 2. The average molecular weight is 328 g/mol. The van der Waals surface area contributed by atoms with Gasteiger partial charge in [-0.15, -0.1) is 0 Å². The maximum atomic E-state index is 11.0. The van der Waals surface area contributed by atoms with E-state index in [2.05, 4.69) is 19.8 Å². The quantitative estimate of drug-likeness (QED) is 0.650. The molecule has 2 N–H and O–H groups in total. The molecule has 1 aliphatic heterocycles. The number of nitrogens with two attached hydrogens (primary N) is 1. The number of non-ortho nitro benzene ring substituents is 1. The van der Waals surface area contributed by atoms with Crippen molar-refractivity contribution >= 4 is 11.6 Å². The number of nitro groups is 1. The molecule has 1 unspecified atom stereocenters. The fourth-order valence-electron chi connectivity index (χ4n) is 3.03. The summed E-state index contributed by atoms with van der Waals surface area (Å²) in [6.07, 6.45) is 3.47. The Hall–Kier alpha value is -2.58. The van der Waals surface area contributed by atoms with Crippen LogP contribution in [0.2, 0.25) is 0 Å². The summed E-state index contributed by atoms with van der Waals surface area (Å²) in [5, 5.41) is 11.0. The topological polar surface area (TPSA) is 101 Å². The molecule has 1 atom stereocenters. The lowest BCUT2D eigenvalue weighted by Gasteiger charge is -2.39. The minimum atomic E-state index is -0.373. The summed E-state index contributed by atoms with van der Waals surface area (Å²) in [4.78, 5) is 23.6. The van der Waals surface area contributed by atoms with E-state index in [1.54, 1.807) is 30.6 Å². The SMILES string of the molecule is NCC(c1cccc([N+](=O)[O-])c1)N1CCN(c2ncccn2)CC1. The number of hydrogen-bond acceptors (Lipinski definition) is 7. The van der Waals surface area contributed by atoms with Gasteiger partial charge in [0.05, 0.1) is 4.92 Å². The first-order valence-electron chi connectivity index (χ1n) is 7.89. The van der Waals surface area contributed by atoms with Crippen molar-refractivity contribution in [3.05, 3.63) is 58.4 Å². The molecule has 1 aromatic carbocycles. The lowest BCUT2D eigenvalue weighted by Crippen LogP contribution is -2.49. The Labute approximate surface area is 140 Å². The van der Waals surface area contributed by atoms with Crippen molar-refractivity contribution in [1.82, 2.24) is 14.9 Å². The summed E-state index contributed by atoms with van der Waals surface area (Å²) in [6.45, 7) is 3.64. The van der Waals surface area contributed by atoms with E-state index < -0.39 is 0 Å². The number of anilines is 1. The van der Waals surface area contributed by atoms with E-state index in [0.29, 0.717) is 6.54 Å². The summed E-state index contributed by atoms with van der Waals surface area (Å²) >= 11 is 0. The maximum absolute atomic E-state index is 11.0. The minimum Gasteiger partial charge on any atom is -0.338 e. The van der Waals surface area contributed by atoms with Crippen LogP contribution in [0.3, 0.4) is 0 Å². The zero-order valence-corrected chi connectivity index (χ0v) is 13.3. The fraction of sp³-hybridized carbons (Fsp3) is 0.375. The molecule has 0 aliphatic carbocycles. The summed E-state index contributed by atoms with van der Waals surface area (Å²) in [7, 11) is 0. The standard InChI is InChI=1S/C16H20N6O2/c17-12-15(13-3-1-4-14(11-13)22(23)24)20-7-9-21(10-8-20)16-18-5-2-6-19-16/h1-6,11,15H,7-10,12,17H2. The molecule has 3 rings (SSSR count). The highest BCUT2D eigenvalue weighted by atomic mass is 16.6. The first-order valence-corrected chi connectivity index (χ1v) is 7.89. The Morgan fingerprint density at radius 2 is 1.88 bits per heavy atom. The van der Waals surface area contributed by atoms with Gasteiger partial charge < -0.3 is 10.6 Å². The molecule has 2 heterocycles. The Kier molecular flexibility index (Phi) is 4.97. The van der Waals surface area contributed by atoms with Crippen molar-refractivity contribution in [3.63, 3.8) is 0 Å². The first-order chi connectivity index (χ1) is 11.7. The molecule has 0 bridgehead atoms. The predicted octanol–water partition coefficient (Wildman–Crippen LogP) is 1.21. The highest BCUT2D eigenvalue weighted by molar-refractivity contribution is 5.36. The van der Waals surface area contributed by atoms with Gasteiger partial charge in [-0.05, 0) is 11.6 Å². The van der Waals surface area contributed by atoms with Gasteiger partial charge in [-0.1, -0.05) is 12.1 Å². The number of benzene rings is 1. The van der Waals surface area contributed by atoms with Gasteiger partial charge in [0.1, 0.15) is 0 Å². The second kappa shape index (κ2) is 7.33. The van der Waals surface area contributed by atoms with Gasteiger partial charge in [0.2, 0.25) is 5.95 Å². The summed E-state index contributed by atoms with van der Waals surface area (Å²) < 4.78 is 0. The van der Waals surface area contributed by atoms with E-state index in [9.17, 15) is 10.1 Å². The third-order valence-electron chi connectivity index (χ3n) is 4.28. The molecule has 1 saturated heterocycles. The maximum Gasteiger partial charge on any atom is 0.269 e. The number of hydrogen-bond donors (Lipinski definition) is 1. The van der Waals surface area contributed by atoms with Crippen molar-refractivity contribution in [1.29, 1.82) is 0 Å². The summed E-state index contributed by atoms with van der Waals surface area (Å²) in [5.74, 6) is 0.733. The van der Waals surface area contributed by atoms with E-state index in [4.69, 9.17) is 5.73 Å². The average Bonchev–Trinajstić information content (AvgIpc) is 2.64. The zero-order valence-electron chi connectivity index (χ0n) is 13.3. The largest absolute Gasteiger partial charge is 0.338 e. The van der Waals surface area contributed by atoms with Gasteiger partial charge in [-0.2, -0.15) is 0 Å². The molecular formula is C16H20N6O2. The first kappa shape index (κ1) is 16.3. The van der Waals surface area contributed by atoms with Crippen LogP contribution in [-0.2, 0) is 0 Å². The van der Waals surface area contributed by atoms with Crippen LogP contribution in [-0.4, -0.2) is 52.5 Å². The van der Waals surface area contributed by atoms with Crippen LogP contribution in [0.5, 0.6) is 0 Å². The molecule has 0 radical (unpaired) electrons. The third kappa shape index (κ3) is 3.50. The molecule has 24 heavy (non-hydrogen) atoms. The molecule has 8 heteroatoms. The Morgan fingerprint density at radius 1 is 1.17 bits per heavy atom. The molecule has 1 fully saturated rings. The minimum absolute atomic E-state index is 0.0243. The molecule has 0 amide bonds. The van der Waals surface area contributed by atoms with E-state index >= 15 is 0 Å². The Balaban J connectivity index is 1.70. The predicted molar refractivity (Wildman–Crippen MR) is 90.7 cm³/mol. The smallest absolute Gasteiger partial charge is 0.269 e. The molecule has 126 valence electrons. The van der Waals surface area contributed by atoms with Gasteiger partial charge >= 0.3 is 0 Å². The number of nitrogens with zero attached hydrogens (tertiary/aromatic N) is 5. The van der Waals surface area contributed by atoms with Gasteiger partial charge in [-0.3, -0.25) is 15.0 Å². The highest BCUT2D eigenvalue weighted by Gasteiger charge is 2.26. The second-order valence-corrected chi connectivity index (χ2v) is 5.68. The summed E-state index contributed by atoms with van der Waals surface area (Å²) in [6, 6.07) is 8.50. The molecule has 0 spiro atoms. The molecule has 1 aromatic heterocycles. The Bertz CT molecular complexity index is 688. The van der Waals surface area contributed by atoms with Crippen molar-refractivity contribution < 1.29 is 4.92 Å². The fourth-order valence-corrected chi connectivity index (χ4v) is 3.03. The van der Waals surface area contributed by atoms with E-state index in [1.165, 1.54) is 6.07 Å². The number of rotatable bonds is 5. The lowest BCUT2D eigenvalue weighted by atomic mass is 10.0. The van der Waals surface area contributed by atoms with Crippen LogP contribution in [0, 0.1) is 10.1 Å². The Morgan fingerprint density at radius 3 is 2.50 bits per heavy atom. The van der Waals surface area contributed by atoms with Crippen LogP contribution in [0.25, 0.3) is 0 Å². The van der Waals surface area contributed by atoms with E-state index in [-0.39, 0.29) is 16.7 Å². The normalized spacial score (nSPS) is 16.8. The highest BCUT2D eigenvalue weighted by Crippen LogP contribution is 2.25. The molecular weight excluding hydrogens is 308 g/mol. The summed E-state index contributed by atoms with van der Waals surface area (Å²) in [5.41, 5.74) is 6.94. The van der Waals surface area contributed by atoms with Gasteiger partial charge in [-0.25, -0.2) is 9.97 Å².